The van der Waals surface area contributed by atoms with E-state index in [9.17, 15) is 23.3 Å². The minimum atomic E-state index is -4.34. The van der Waals surface area contributed by atoms with Crippen molar-refractivity contribution in [1.29, 1.82) is 0 Å². The number of rotatable bonds is 5. The minimum absolute atomic E-state index is 0.105. The summed E-state index contributed by atoms with van der Waals surface area (Å²) in [5, 5.41) is 15.0. The number of carbonyl (C=O) groups is 1. The van der Waals surface area contributed by atoms with E-state index in [2.05, 4.69) is 6.58 Å². The van der Waals surface area contributed by atoms with Gasteiger partial charge in [-0.15, -0.1) is 6.58 Å². The first-order chi connectivity index (χ1) is 17.3. The van der Waals surface area contributed by atoms with Crippen molar-refractivity contribution in [3.63, 3.8) is 0 Å². The van der Waals surface area contributed by atoms with Crippen molar-refractivity contribution in [1.82, 2.24) is 14.3 Å². The van der Waals surface area contributed by atoms with Crippen LogP contribution in [0.4, 0.5) is 5.69 Å². The van der Waals surface area contributed by atoms with Crippen LogP contribution in [0.15, 0.2) is 96.4 Å². The second-order valence-corrected chi connectivity index (χ2v) is 10.5. The number of nitro groups is 1. The van der Waals surface area contributed by atoms with Crippen LogP contribution in [0.25, 0.3) is 0 Å². The molecule has 2 atom stereocenters. The van der Waals surface area contributed by atoms with E-state index in [1.807, 2.05) is 30.3 Å². The predicted molar refractivity (Wildman–Crippen MR) is 133 cm³/mol. The maximum atomic E-state index is 14.0. The summed E-state index contributed by atoms with van der Waals surface area (Å²) < 4.78 is 29.3. The zero-order valence-corrected chi connectivity index (χ0v) is 20.1. The van der Waals surface area contributed by atoms with Crippen LogP contribution in [0.5, 0.6) is 0 Å². The van der Waals surface area contributed by atoms with Gasteiger partial charge < -0.3 is 0 Å². The Kier molecular flexibility index (Phi) is 6.17. The van der Waals surface area contributed by atoms with Crippen LogP contribution in [0.2, 0.25) is 0 Å². The van der Waals surface area contributed by atoms with Gasteiger partial charge >= 0.3 is 0 Å². The van der Waals surface area contributed by atoms with E-state index in [4.69, 9.17) is 0 Å². The molecule has 3 aromatic carbocycles. The van der Waals surface area contributed by atoms with Gasteiger partial charge in [-0.25, -0.2) is 8.42 Å². The molecule has 0 spiro atoms. The average molecular weight is 505 g/mol. The number of hydrogen-bond acceptors (Lipinski definition) is 6. The lowest BCUT2D eigenvalue weighted by molar-refractivity contribution is -0.387. The van der Waals surface area contributed by atoms with E-state index < -0.39 is 32.8 Å². The minimum Gasteiger partial charge on any atom is -0.268 e. The quantitative estimate of drug-likeness (QED) is 0.298. The van der Waals surface area contributed by atoms with Crippen molar-refractivity contribution in [2.24, 2.45) is 0 Å². The Morgan fingerprint density at radius 2 is 1.67 bits per heavy atom. The Balaban J connectivity index is 1.67. The first-order valence-corrected chi connectivity index (χ1v) is 12.9. The Labute approximate surface area is 209 Å². The lowest BCUT2D eigenvalue weighted by Crippen LogP contribution is -2.66. The third kappa shape index (κ3) is 3.89. The molecule has 36 heavy (non-hydrogen) atoms. The van der Waals surface area contributed by atoms with Crippen LogP contribution in [-0.2, 0) is 16.4 Å². The first kappa shape index (κ1) is 23.9. The number of hydrazine groups is 1. The van der Waals surface area contributed by atoms with Gasteiger partial charge in [0.25, 0.3) is 21.6 Å². The van der Waals surface area contributed by atoms with Crippen molar-refractivity contribution in [3.8, 4) is 0 Å². The summed E-state index contributed by atoms with van der Waals surface area (Å²) in [4.78, 5) is 24.3. The van der Waals surface area contributed by atoms with E-state index in [-0.39, 0.29) is 17.3 Å². The maximum absolute atomic E-state index is 14.0. The molecule has 10 heteroatoms. The number of nitro benzene ring substituents is 1. The molecule has 0 saturated carbocycles. The van der Waals surface area contributed by atoms with E-state index in [0.717, 1.165) is 11.1 Å². The number of fused-ring (bicyclic) bond motifs is 3. The number of benzene rings is 3. The number of nitrogens with zero attached hydrogens (tertiary/aromatic N) is 4. The van der Waals surface area contributed by atoms with E-state index in [0.29, 0.717) is 18.5 Å². The fourth-order valence-corrected chi connectivity index (χ4v) is 6.69. The molecule has 1 amide bonds. The highest BCUT2D eigenvalue weighted by Crippen LogP contribution is 2.42. The summed E-state index contributed by atoms with van der Waals surface area (Å²) in [6, 6.07) is 20.9. The molecule has 0 N–H and O–H groups in total. The summed E-state index contributed by atoms with van der Waals surface area (Å²) in [7, 11) is -4.34. The zero-order valence-electron chi connectivity index (χ0n) is 19.3. The van der Waals surface area contributed by atoms with Gasteiger partial charge in [-0.2, -0.15) is 9.31 Å². The second kappa shape index (κ2) is 9.30. The highest BCUT2D eigenvalue weighted by Gasteiger charge is 2.50. The van der Waals surface area contributed by atoms with Gasteiger partial charge in [0.05, 0.1) is 11.0 Å². The molecule has 2 aliphatic heterocycles. The van der Waals surface area contributed by atoms with Crippen molar-refractivity contribution in [2.75, 3.05) is 13.1 Å². The zero-order chi connectivity index (χ0) is 25.4. The lowest BCUT2D eigenvalue weighted by atomic mass is 9.96. The molecular formula is C26H24N4O5S. The van der Waals surface area contributed by atoms with Gasteiger partial charge in [-0.3, -0.25) is 19.9 Å². The smallest absolute Gasteiger partial charge is 0.268 e. The third-order valence-electron chi connectivity index (χ3n) is 6.61. The van der Waals surface area contributed by atoms with E-state index in [1.54, 1.807) is 40.4 Å². The van der Waals surface area contributed by atoms with Crippen LogP contribution >= 0.6 is 0 Å². The topological polar surface area (TPSA) is 104 Å². The highest BCUT2D eigenvalue weighted by molar-refractivity contribution is 7.89. The van der Waals surface area contributed by atoms with Gasteiger partial charge in [-0.05, 0) is 35.7 Å². The summed E-state index contributed by atoms with van der Waals surface area (Å²) in [5.74, 6) is -0.271. The Morgan fingerprint density at radius 1 is 1.00 bits per heavy atom. The molecule has 5 rings (SSSR count). The summed E-state index contributed by atoms with van der Waals surface area (Å²) >= 11 is 0. The monoisotopic (exact) mass is 504 g/mol. The summed E-state index contributed by atoms with van der Waals surface area (Å²) in [6.07, 6.45) is 1.29. The highest BCUT2D eigenvalue weighted by atomic mass is 32.2. The SMILES string of the molecule is C=C[C@H]1CN(S(=O)(=O)c2ccccc2[N+](=O)[O-])[C@H]2c3ccccc3CCN2N1C(=O)c1ccccc1. The van der Waals surface area contributed by atoms with Crippen LogP contribution in [0.1, 0.15) is 27.7 Å². The van der Waals surface area contributed by atoms with Gasteiger partial charge in [0.2, 0.25) is 0 Å². The Bertz CT molecular complexity index is 1440. The molecule has 184 valence electrons. The summed E-state index contributed by atoms with van der Waals surface area (Å²) in [5.41, 5.74) is 1.67. The van der Waals surface area contributed by atoms with Crippen LogP contribution in [0, 0.1) is 10.1 Å². The van der Waals surface area contributed by atoms with Crippen molar-refractivity contribution >= 4 is 21.6 Å². The number of sulfonamides is 1. The first-order valence-electron chi connectivity index (χ1n) is 11.5. The van der Waals surface area contributed by atoms with E-state index >= 15 is 0 Å². The average Bonchev–Trinajstić information content (AvgIpc) is 2.91. The van der Waals surface area contributed by atoms with Gasteiger partial charge in [0.1, 0.15) is 6.17 Å². The van der Waals surface area contributed by atoms with Crippen LogP contribution in [0.3, 0.4) is 0 Å². The number of para-hydroxylation sites is 1. The van der Waals surface area contributed by atoms with Gasteiger partial charge in [0, 0.05) is 24.7 Å². The Morgan fingerprint density at radius 3 is 2.39 bits per heavy atom. The van der Waals surface area contributed by atoms with Crippen molar-refractivity contribution < 1.29 is 18.1 Å². The molecule has 0 bridgehead atoms. The van der Waals surface area contributed by atoms with Crippen LogP contribution in [-0.4, -0.2) is 52.7 Å². The van der Waals surface area contributed by atoms with Gasteiger partial charge in [0.15, 0.2) is 4.90 Å². The molecule has 2 heterocycles. The van der Waals surface area contributed by atoms with E-state index in [1.165, 1.54) is 28.6 Å². The number of hydrogen-bond donors (Lipinski definition) is 0. The van der Waals surface area contributed by atoms with Crippen molar-refractivity contribution in [3.05, 3.63) is 118 Å². The molecule has 0 radical (unpaired) electrons. The molecule has 1 fully saturated rings. The molecular weight excluding hydrogens is 480 g/mol. The fourth-order valence-electron chi connectivity index (χ4n) is 4.95. The number of carbonyl (C=O) groups excluding carboxylic acids is 1. The standard InChI is InChI=1S/C26H24N4O5S/c1-2-21-18-28(36(34,35)24-15-9-8-14-23(24)30(32)33)25-22-13-7-6-10-19(22)16-17-27(25)29(21)26(31)20-11-4-3-5-12-20/h2-15,21,25H,1,16-18H2/t21-,25-/m0/s1. The largest absolute Gasteiger partial charge is 0.289 e. The molecule has 0 aliphatic carbocycles. The van der Waals surface area contributed by atoms with Crippen molar-refractivity contribution in [2.45, 2.75) is 23.5 Å². The third-order valence-corrected chi connectivity index (χ3v) is 8.47. The normalized spacial score (nSPS) is 20.3. The molecule has 2 aliphatic rings. The lowest BCUT2D eigenvalue weighted by Gasteiger charge is -2.54. The maximum Gasteiger partial charge on any atom is 0.289 e. The molecule has 0 aromatic heterocycles. The molecule has 0 unspecified atom stereocenters. The molecule has 9 nitrogen and oxygen atoms in total. The molecule has 1 saturated heterocycles. The molecule has 3 aromatic rings. The summed E-state index contributed by atoms with van der Waals surface area (Å²) in [6.45, 7) is 4.15. The Hall–Kier alpha value is -3.86. The number of amides is 1. The van der Waals surface area contributed by atoms with Gasteiger partial charge in [-0.1, -0.05) is 60.7 Å². The second-order valence-electron chi connectivity index (χ2n) is 8.60. The van der Waals surface area contributed by atoms with Crippen LogP contribution < -0.4 is 0 Å². The predicted octanol–water partition coefficient (Wildman–Crippen LogP) is 3.77. The fraction of sp³-hybridized carbons (Fsp3) is 0.192.